The lowest BCUT2D eigenvalue weighted by Gasteiger charge is -2.19. The van der Waals surface area contributed by atoms with Crippen LogP contribution in [0.4, 0.5) is 0 Å². The Morgan fingerprint density at radius 3 is 2.37 bits per heavy atom. The Morgan fingerprint density at radius 2 is 1.74 bits per heavy atom. The number of carboxylic acids is 1. The summed E-state index contributed by atoms with van der Waals surface area (Å²) in [7, 11) is 0. The van der Waals surface area contributed by atoms with Gasteiger partial charge in [-0.1, -0.05) is 30.3 Å². The van der Waals surface area contributed by atoms with Crippen molar-refractivity contribution in [1.82, 2.24) is 0 Å². The lowest BCUT2D eigenvalue weighted by molar-refractivity contribution is -0.139. The van der Waals surface area contributed by atoms with Crippen LogP contribution in [-0.4, -0.2) is 11.1 Å². The van der Waals surface area contributed by atoms with E-state index in [-0.39, 0.29) is 0 Å². The molecular weight excluding hydrogens is 260 g/mol. The number of hydrogen-bond acceptors (Lipinski definition) is 3. The van der Waals surface area contributed by atoms with Gasteiger partial charge in [-0.3, -0.25) is 4.79 Å². The second-order valence-electron chi connectivity index (χ2n) is 4.32. The van der Waals surface area contributed by atoms with Gasteiger partial charge in [0.1, 0.15) is 16.2 Å². The van der Waals surface area contributed by atoms with E-state index in [1.807, 2.05) is 30.3 Å². The van der Waals surface area contributed by atoms with Crippen LogP contribution in [0.1, 0.15) is 12.5 Å². The van der Waals surface area contributed by atoms with Crippen LogP contribution in [0.15, 0.2) is 54.6 Å². The molecule has 0 aromatic heterocycles. The van der Waals surface area contributed by atoms with Crippen LogP contribution < -0.4 is 4.74 Å². The molecule has 0 spiro atoms. The molecule has 0 radical (unpaired) electrons. The highest BCUT2D eigenvalue weighted by Crippen LogP contribution is 2.32. The molecule has 4 heteroatoms. The number of para-hydroxylation sites is 1. The summed E-state index contributed by atoms with van der Waals surface area (Å²) >= 11 is 4.19. The summed E-state index contributed by atoms with van der Waals surface area (Å²) in [5.74, 6) is 0.300. The van der Waals surface area contributed by atoms with Crippen molar-refractivity contribution in [3.8, 4) is 11.5 Å². The quantitative estimate of drug-likeness (QED) is 0.835. The highest BCUT2D eigenvalue weighted by molar-refractivity contribution is 7.82. The number of rotatable bonds is 4. The van der Waals surface area contributed by atoms with E-state index in [1.54, 1.807) is 31.2 Å². The number of carboxylic acid groups (broad SMARTS) is 1. The van der Waals surface area contributed by atoms with E-state index in [4.69, 9.17) is 9.84 Å². The molecule has 0 saturated heterocycles. The number of hydrogen-bond donors (Lipinski definition) is 2. The van der Waals surface area contributed by atoms with Gasteiger partial charge in [-0.25, -0.2) is 0 Å². The first-order chi connectivity index (χ1) is 9.00. The van der Waals surface area contributed by atoms with Crippen molar-refractivity contribution >= 4 is 18.6 Å². The van der Waals surface area contributed by atoms with E-state index in [9.17, 15) is 4.79 Å². The fourth-order valence-corrected chi connectivity index (χ4v) is 1.75. The number of benzene rings is 2. The Hall–Kier alpha value is -1.94. The van der Waals surface area contributed by atoms with Gasteiger partial charge in [0.05, 0.1) is 0 Å². The minimum absolute atomic E-state index is 0.580. The molecule has 19 heavy (non-hydrogen) atoms. The molecule has 0 fully saturated rings. The predicted octanol–water partition coefficient (Wildman–Crippen LogP) is 3.71. The largest absolute Gasteiger partial charge is 0.480 e. The van der Waals surface area contributed by atoms with Crippen LogP contribution in [-0.2, 0) is 9.54 Å². The minimum atomic E-state index is -1.24. The standard InChI is InChI=1S/C15H14O3S/c1-15(19,14(16)17)11-6-5-9-13(10-11)18-12-7-3-2-4-8-12/h2-10,19H,1H3,(H,16,17). The van der Waals surface area contributed by atoms with E-state index in [1.165, 1.54) is 0 Å². The molecule has 2 rings (SSSR count). The van der Waals surface area contributed by atoms with Crippen LogP contribution in [0, 0.1) is 0 Å². The molecular formula is C15H14O3S. The average molecular weight is 274 g/mol. The normalized spacial score (nSPS) is 13.6. The van der Waals surface area contributed by atoms with Crippen molar-refractivity contribution in [2.75, 3.05) is 0 Å². The Balaban J connectivity index is 2.28. The van der Waals surface area contributed by atoms with E-state index >= 15 is 0 Å². The molecule has 1 N–H and O–H groups in total. The zero-order valence-electron chi connectivity index (χ0n) is 10.4. The van der Waals surface area contributed by atoms with Crippen LogP contribution in [0.3, 0.4) is 0 Å². The SMILES string of the molecule is CC(S)(C(=O)O)c1cccc(Oc2ccccc2)c1. The number of carbonyl (C=O) groups is 1. The fourth-order valence-electron chi connectivity index (χ4n) is 1.61. The first-order valence-corrected chi connectivity index (χ1v) is 6.24. The number of thiol groups is 1. The van der Waals surface area contributed by atoms with Gasteiger partial charge in [0.25, 0.3) is 0 Å². The molecule has 0 amide bonds. The van der Waals surface area contributed by atoms with Gasteiger partial charge in [0.15, 0.2) is 0 Å². The van der Waals surface area contributed by atoms with Gasteiger partial charge >= 0.3 is 5.97 Å². The van der Waals surface area contributed by atoms with Crippen molar-refractivity contribution < 1.29 is 14.6 Å². The molecule has 1 atom stereocenters. The first-order valence-electron chi connectivity index (χ1n) is 5.79. The zero-order chi connectivity index (χ0) is 13.9. The molecule has 0 aliphatic heterocycles. The van der Waals surface area contributed by atoms with Crippen molar-refractivity contribution in [2.24, 2.45) is 0 Å². The molecule has 0 saturated carbocycles. The smallest absolute Gasteiger partial charge is 0.323 e. The second kappa shape index (κ2) is 5.36. The third-order valence-electron chi connectivity index (χ3n) is 2.79. The third kappa shape index (κ3) is 3.09. The van der Waals surface area contributed by atoms with Gasteiger partial charge in [-0.05, 0) is 36.8 Å². The summed E-state index contributed by atoms with van der Waals surface area (Å²) in [4.78, 5) is 11.2. The van der Waals surface area contributed by atoms with Crippen LogP contribution >= 0.6 is 12.6 Å². The number of ether oxygens (including phenoxy) is 1. The van der Waals surface area contributed by atoms with E-state index < -0.39 is 10.7 Å². The molecule has 1 unspecified atom stereocenters. The second-order valence-corrected chi connectivity index (χ2v) is 5.21. The monoisotopic (exact) mass is 274 g/mol. The van der Waals surface area contributed by atoms with Gasteiger partial charge in [0, 0.05) is 0 Å². The molecule has 2 aromatic carbocycles. The van der Waals surface area contributed by atoms with Crippen molar-refractivity contribution in [2.45, 2.75) is 11.7 Å². The van der Waals surface area contributed by atoms with Crippen LogP contribution in [0.5, 0.6) is 11.5 Å². The first kappa shape index (κ1) is 13.5. The summed E-state index contributed by atoms with van der Waals surface area (Å²) in [6, 6.07) is 16.3. The average Bonchev–Trinajstić information content (AvgIpc) is 2.40. The van der Waals surface area contributed by atoms with E-state index in [0.29, 0.717) is 17.1 Å². The topological polar surface area (TPSA) is 46.5 Å². The fraction of sp³-hybridized carbons (Fsp3) is 0.133. The molecule has 3 nitrogen and oxygen atoms in total. The zero-order valence-corrected chi connectivity index (χ0v) is 11.3. The Morgan fingerprint density at radius 1 is 1.11 bits per heavy atom. The predicted molar refractivity (Wildman–Crippen MR) is 76.9 cm³/mol. The minimum Gasteiger partial charge on any atom is -0.480 e. The maximum Gasteiger partial charge on any atom is 0.323 e. The molecule has 98 valence electrons. The molecule has 0 heterocycles. The van der Waals surface area contributed by atoms with Crippen molar-refractivity contribution in [1.29, 1.82) is 0 Å². The van der Waals surface area contributed by atoms with Gasteiger partial charge in [-0.2, -0.15) is 12.6 Å². The van der Waals surface area contributed by atoms with Crippen molar-refractivity contribution in [3.05, 3.63) is 60.2 Å². The van der Waals surface area contributed by atoms with E-state index in [2.05, 4.69) is 12.6 Å². The summed E-state index contributed by atoms with van der Waals surface area (Å²) in [5, 5.41) is 9.16. The molecule has 2 aromatic rings. The highest BCUT2D eigenvalue weighted by Gasteiger charge is 2.30. The summed E-state index contributed by atoms with van der Waals surface area (Å²) in [6.07, 6.45) is 0. The Labute approximate surface area is 117 Å². The number of aliphatic carboxylic acids is 1. The Kier molecular flexibility index (Phi) is 3.81. The lowest BCUT2D eigenvalue weighted by Crippen LogP contribution is -2.25. The molecule has 0 aliphatic carbocycles. The van der Waals surface area contributed by atoms with Crippen LogP contribution in [0.2, 0.25) is 0 Å². The molecule has 0 aliphatic rings. The highest BCUT2D eigenvalue weighted by atomic mass is 32.1. The van der Waals surface area contributed by atoms with Crippen LogP contribution in [0.25, 0.3) is 0 Å². The van der Waals surface area contributed by atoms with E-state index in [0.717, 1.165) is 0 Å². The summed E-state index contributed by atoms with van der Waals surface area (Å²) < 4.78 is 4.43. The maximum atomic E-state index is 11.2. The maximum absolute atomic E-state index is 11.2. The van der Waals surface area contributed by atoms with Gasteiger partial charge in [0.2, 0.25) is 0 Å². The molecule has 0 bridgehead atoms. The van der Waals surface area contributed by atoms with Gasteiger partial charge < -0.3 is 9.84 Å². The third-order valence-corrected chi connectivity index (χ3v) is 3.24. The lowest BCUT2D eigenvalue weighted by atomic mass is 10.0. The van der Waals surface area contributed by atoms with Gasteiger partial charge in [-0.15, -0.1) is 0 Å². The van der Waals surface area contributed by atoms with Crippen molar-refractivity contribution in [3.63, 3.8) is 0 Å². The summed E-state index contributed by atoms with van der Waals surface area (Å²) in [5.41, 5.74) is 0.580. The Bertz CT molecular complexity index is 579. The summed E-state index contributed by atoms with van der Waals surface area (Å²) in [6.45, 7) is 1.54.